The summed E-state index contributed by atoms with van der Waals surface area (Å²) in [5.74, 6) is 1.26. The highest BCUT2D eigenvalue weighted by Crippen LogP contribution is 2.46. The van der Waals surface area contributed by atoms with Gasteiger partial charge in [0, 0.05) is 37.9 Å². The van der Waals surface area contributed by atoms with Crippen LogP contribution in [0.5, 0.6) is 0 Å². The van der Waals surface area contributed by atoms with E-state index in [4.69, 9.17) is 33.2 Å². The molecule has 1 aromatic heterocycles. The van der Waals surface area contributed by atoms with Gasteiger partial charge in [0.05, 0.1) is 20.9 Å². The van der Waals surface area contributed by atoms with E-state index in [1.807, 2.05) is 49.4 Å². The molecule has 9 heteroatoms. The van der Waals surface area contributed by atoms with E-state index in [-0.39, 0.29) is 0 Å². The molecule has 0 bridgehead atoms. The minimum Gasteiger partial charge on any atom is -0.353 e. The van der Waals surface area contributed by atoms with Gasteiger partial charge in [0.2, 0.25) is 0 Å². The first kappa shape index (κ1) is 21.5. The fourth-order valence-corrected chi connectivity index (χ4v) is 5.91. The molecule has 1 aliphatic rings. The fraction of sp³-hybridized carbons (Fsp3) is 0.333. The predicted octanol–water partition coefficient (Wildman–Crippen LogP) is 5.32. The number of hydrogen-bond acceptors (Lipinski definition) is 4. The Balaban J connectivity index is 1.74. The first-order chi connectivity index (χ1) is 14.4. The van der Waals surface area contributed by atoms with E-state index in [1.54, 1.807) is 4.67 Å². The molecule has 0 amide bonds. The maximum Gasteiger partial charge on any atom is 0.269 e. The summed E-state index contributed by atoms with van der Waals surface area (Å²) in [6.45, 7) is 4.06. The monoisotopic (exact) mass is 464 g/mol. The Labute approximate surface area is 186 Å². The Morgan fingerprint density at radius 1 is 1.00 bits per heavy atom. The van der Waals surface area contributed by atoms with Gasteiger partial charge >= 0.3 is 0 Å². The van der Waals surface area contributed by atoms with Crippen molar-refractivity contribution in [3.05, 3.63) is 52.5 Å². The quantitative estimate of drug-likeness (QED) is 0.515. The number of aromatic nitrogens is 2. The Morgan fingerprint density at radius 2 is 1.70 bits per heavy atom. The van der Waals surface area contributed by atoms with Crippen LogP contribution in [-0.4, -0.2) is 51.9 Å². The molecular weight excluding hydrogens is 442 g/mol. The zero-order valence-electron chi connectivity index (χ0n) is 16.6. The summed E-state index contributed by atoms with van der Waals surface area (Å²) >= 11 is 12.9. The molecule has 0 aliphatic carbocycles. The maximum atomic E-state index is 12.6. The third kappa shape index (κ3) is 4.20. The molecule has 0 saturated carbocycles. The molecule has 1 saturated heterocycles. The molecule has 30 heavy (non-hydrogen) atoms. The van der Waals surface area contributed by atoms with Crippen LogP contribution in [0.4, 0.5) is 5.82 Å². The largest absolute Gasteiger partial charge is 0.353 e. The second kappa shape index (κ2) is 8.81. The van der Waals surface area contributed by atoms with Crippen molar-refractivity contribution in [1.82, 2.24) is 14.6 Å². The molecule has 1 atom stereocenters. The van der Waals surface area contributed by atoms with Gasteiger partial charge in [-0.25, -0.2) is 14.6 Å². The zero-order valence-corrected chi connectivity index (χ0v) is 19.0. The van der Waals surface area contributed by atoms with Crippen LogP contribution in [0.1, 0.15) is 13.3 Å². The van der Waals surface area contributed by atoms with Crippen molar-refractivity contribution in [2.75, 3.05) is 37.2 Å². The Morgan fingerprint density at radius 3 is 2.40 bits per heavy atom. The van der Waals surface area contributed by atoms with Crippen LogP contribution < -0.4 is 4.90 Å². The Bertz CT molecular complexity index is 1120. The summed E-state index contributed by atoms with van der Waals surface area (Å²) in [7, 11) is -3.28. The first-order valence-corrected chi connectivity index (χ1v) is 12.5. The molecule has 4 rings (SSSR count). The molecule has 1 unspecified atom stereocenters. The minimum absolute atomic E-state index is 0.311. The summed E-state index contributed by atoms with van der Waals surface area (Å²) < 4.78 is 14.3. The first-order valence-electron chi connectivity index (χ1n) is 9.94. The van der Waals surface area contributed by atoms with Crippen LogP contribution in [0, 0.1) is 0 Å². The molecule has 1 aliphatic heterocycles. The standard InChI is InChI=1S/C21H23Cl2N4O2P/c1-2-14-30(28,29)27-12-10-26(11-13-27)21-19-17(23)8-5-9-18(19)24-20(25-21)15-6-3-4-7-16(15)22/h3-9H,2,10-14H2,1H3,(H,28,29). The van der Waals surface area contributed by atoms with Gasteiger partial charge in [-0.3, -0.25) is 4.57 Å². The SMILES string of the molecule is CCCP(=O)(O)N1CCN(c2nc(-c3ccccc3Cl)nc3cccc(Cl)c23)CC1. The summed E-state index contributed by atoms with van der Waals surface area (Å²) in [6.07, 6.45) is 0.993. The molecule has 1 fully saturated rings. The normalized spacial score (nSPS) is 17.3. The van der Waals surface area contributed by atoms with Crippen LogP contribution in [0.3, 0.4) is 0 Å². The van der Waals surface area contributed by atoms with Crippen molar-refractivity contribution in [1.29, 1.82) is 0 Å². The van der Waals surface area contributed by atoms with E-state index in [0.717, 1.165) is 22.3 Å². The number of hydrogen-bond donors (Lipinski definition) is 1. The van der Waals surface area contributed by atoms with Crippen LogP contribution in [0.2, 0.25) is 10.0 Å². The van der Waals surface area contributed by atoms with Crippen LogP contribution >= 0.6 is 30.7 Å². The lowest BCUT2D eigenvalue weighted by atomic mass is 10.1. The van der Waals surface area contributed by atoms with E-state index >= 15 is 0 Å². The second-order valence-electron chi connectivity index (χ2n) is 7.31. The predicted molar refractivity (Wildman–Crippen MR) is 124 cm³/mol. The molecule has 2 aromatic carbocycles. The highest BCUT2D eigenvalue weighted by molar-refractivity contribution is 7.55. The van der Waals surface area contributed by atoms with E-state index in [0.29, 0.717) is 54.6 Å². The van der Waals surface area contributed by atoms with Crippen molar-refractivity contribution in [2.24, 2.45) is 0 Å². The number of halogens is 2. The number of anilines is 1. The molecule has 1 N–H and O–H groups in total. The topological polar surface area (TPSA) is 69.6 Å². The third-order valence-electron chi connectivity index (χ3n) is 5.28. The van der Waals surface area contributed by atoms with Gasteiger partial charge in [-0.2, -0.15) is 0 Å². The number of nitrogens with zero attached hydrogens (tertiary/aromatic N) is 4. The van der Waals surface area contributed by atoms with Crippen LogP contribution in [0.15, 0.2) is 42.5 Å². The Hall–Kier alpha value is -1.69. The third-order valence-corrected chi connectivity index (χ3v) is 8.24. The number of rotatable bonds is 5. The molecule has 158 valence electrons. The molecule has 0 spiro atoms. The Kier molecular flexibility index (Phi) is 6.33. The van der Waals surface area contributed by atoms with Crippen molar-refractivity contribution >= 4 is 47.4 Å². The van der Waals surface area contributed by atoms with E-state index in [2.05, 4.69) is 4.90 Å². The number of benzene rings is 2. The number of piperazine rings is 1. The fourth-order valence-electron chi connectivity index (χ4n) is 3.77. The van der Waals surface area contributed by atoms with Gasteiger partial charge in [-0.15, -0.1) is 0 Å². The van der Waals surface area contributed by atoms with Crippen molar-refractivity contribution in [2.45, 2.75) is 13.3 Å². The van der Waals surface area contributed by atoms with Gasteiger partial charge in [-0.05, 0) is 30.7 Å². The lowest BCUT2D eigenvalue weighted by Crippen LogP contribution is -2.45. The van der Waals surface area contributed by atoms with Gasteiger partial charge in [0.25, 0.3) is 7.52 Å². The molecule has 6 nitrogen and oxygen atoms in total. The minimum atomic E-state index is -3.28. The van der Waals surface area contributed by atoms with Gasteiger partial charge < -0.3 is 9.79 Å². The highest BCUT2D eigenvalue weighted by atomic mass is 35.5. The van der Waals surface area contributed by atoms with E-state index in [1.165, 1.54) is 0 Å². The summed E-state index contributed by atoms with van der Waals surface area (Å²) in [6, 6.07) is 13.1. The lowest BCUT2D eigenvalue weighted by Gasteiger charge is -2.37. The van der Waals surface area contributed by atoms with Crippen LogP contribution in [0.25, 0.3) is 22.3 Å². The molecule has 0 radical (unpaired) electrons. The molecule has 3 aromatic rings. The van der Waals surface area contributed by atoms with Crippen molar-refractivity contribution < 1.29 is 9.46 Å². The lowest BCUT2D eigenvalue weighted by molar-refractivity contribution is 0.328. The van der Waals surface area contributed by atoms with E-state index < -0.39 is 7.52 Å². The smallest absolute Gasteiger partial charge is 0.269 e. The average Bonchev–Trinajstić information content (AvgIpc) is 2.73. The molecular formula is C21H23Cl2N4O2P. The van der Waals surface area contributed by atoms with E-state index in [9.17, 15) is 9.46 Å². The summed E-state index contributed by atoms with van der Waals surface area (Å²) in [5.41, 5.74) is 1.49. The van der Waals surface area contributed by atoms with Gasteiger partial charge in [0.15, 0.2) is 5.82 Å². The summed E-state index contributed by atoms with van der Waals surface area (Å²) in [5, 5.41) is 1.94. The summed E-state index contributed by atoms with van der Waals surface area (Å²) in [4.78, 5) is 22.0. The average molecular weight is 465 g/mol. The number of fused-ring (bicyclic) bond motifs is 1. The van der Waals surface area contributed by atoms with Crippen LogP contribution in [-0.2, 0) is 4.57 Å². The van der Waals surface area contributed by atoms with Gasteiger partial charge in [0.1, 0.15) is 5.82 Å². The maximum absolute atomic E-state index is 12.6. The zero-order chi connectivity index (χ0) is 21.3. The van der Waals surface area contributed by atoms with Crippen molar-refractivity contribution in [3.8, 4) is 11.4 Å². The van der Waals surface area contributed by atoms with Crippen molar-refractivity contribution in [3.63, 3.8) is 0 Å². The van der Waals surface area contributed by atoms with Gasteiger partial charge in [-0.1, -0.05) is 48.3 Å². The molecule has 2 heterocycles. The second-order valence-corrected chi connectivity index (χ2v) is 10.5. The highest BCUT2D eigenvalue weighted by Gasteiger charge is 2.31.